The molecule has 0 radical (unpaired) electrons. The minimum Gasteiger partial charge on any atom is -0.381 e. The highest BCUT2D eigenvalue weighted by atomic mass is 16.5. The molecule has 1 atom stereocenters. The molecule has 0 spiro atoms. The first-order chi connectivity index (χ1) is 11.6. The molecular weight excluding hydrogens is 304 g/mol. The molecule has 1 aromatic carbocycles. The van der Waals surface area contributed by atoms with E-state index in [0.29, 0.717) is 11.5 Å². The second-order valence-electron chi connectivity index (χ2n) is 6.11. The Morgan fingerprint density at radius 3 is 2.96 bits per heavy atom. The minimum atomic E-state index is -0.0564. The molecule has 1 aliphatic heterocycles. The number of nitrogens with one attached hydrogen (secondary N) is 2. The smallest absolute Gasteiger partial charge is 0.251 e. The van der Waals surface area contributed by atoms with E-state index >= 15 is 0 Å². The van der Waals surface area contributed by atoms with Gasteiger partial charge in [-0.1, -0.05) is 12.1 Å². The molecule has 1 unspecified atom stereocenters. The van der Waals surface area contributed by atoms with Crippen LogP contribution < -0.4 is 10.6 Å². The molecule has 1 aliphatic rings. The van der Waals surface area contributed by atoms with Crippen LogP contribution in [0.15, 0.2) is 29.3 Å². The average molecular weight is 332 g/mol. The van der Waals surface area contributed by atoms with Crippen LogP contribution in [0, 0.1) is 5.92 Å². The Kier molecular flexibility index (Phi) is 7.06. The van der Waals surface area contributed by atoms with E-state index in [1.165, 1.54) is 0 Å². The van der Waals surface area contributed by atoms with Crippen LogP contribution in [0.25, 0.3) is 0 Å². The molecule has 6 heteroatoms. The molecule has 1 saturated heterocycles. The van der Waals surface area contributed by atoms with Crippen molar-refractivity contribution in [3.8, 4) is 0 Å². The lowest BCUT2D eigenvalue weighted by Gasteiger charge is -2.24. The van der Waals surface area contributed by atoms with E-state index in [1.807, 2.05) is 24.3 Å². The van der Waals surface area contributed by atoms with Crippen LogP contribution in [-0.2, 0) is 11.2 Å². The first-order valence-electron chi connectivity index (χ1n) is 8.44. The number of carbonyl (C=O) groups excluding carboxylic acids is 1. The molecule has 0 bridgehead atoms. The van der Waals surface area contributed by atoms with Crippen LogP contribution in [0.5, 0.6) is 0 Å². The maximum Gasteiger partial charge on any atom is 0.251 e. The van der Waals surface area contributed by atoms with E-state index in [1.54, 1.807) is 14.1 Å². The summed E-state index contributed by atoms with van der Waals surface area (Å²) in [5, 5.41) is 6.04. The monoisotopic (exact) mass is 332 g/mol. The van der Waals surface area contributed by atoms with Crippen molar-refractivity contribution in [1.29, 1.82) is 0 Å². The molecule has 2 N–H and O–H groups in total. The highest BCUT2D eigenvalue weighted by molar-refractivity contribution is 5.94. The highest BCUT2D eigenvalue weighted by Crippen LogP contribution is 2.13. The summed E-state index contributed by atoms with van der Waals surface area (Å²) >= 11 is 0. The van der Waals surface area contributed by atoms with Crippen LogP contribution in [0.1, 0.15) is 22.3 Å². The number of carbonyl (C=O) groups is 1. The predicted molar refractivity (Wildman–Crippen MR) is 96.5 cm³/mol. The van der Waals surface area contributed by atoms with Gasteiger partial charge < -0.3 is 20.3 Å². The topological polar surface area (TPSA) is 66.0 Å². The van der Waals surface area contributed by atoms with Gasteiger partial charge in [0.15, 0.2) is 5.96 Å². The number of nitrogens with zero attached hydrogens (tertiary/aromatic N) is 2. The van der Waals surface area contributed by atoms with Crippen molar-refractivity contribution in [1.82, 2.24) is 15.5 Å². The second kappa shape index (κ2) is 9.27. The number of ether oxygens (including phenoxy) is 1. The average Bonchev–Trinajstić information content (AvgIpc) is 3.11. The molecule has 1 amide bonds. The van der Waals surface area contributed by atoms with Crippen molar-refractivity contribution in [2.24, 2.45) is 10.9 Å². The molecule has 132 valence electrons. The zero-order chi connectivity index (χ0) is 17.4. The molecule has 24 heavy (non-hydrogen) atoms. The van der Waals surface area contributed by atoms with E-state index in [2.05, 4.69) is 27.6 Å². The van der Waals surface area contributed by atoms with Gasteiger partial charge in [0.2, 0.25) is 0 Å². The first-order valence-corrected chi connectivity index (χ1v) is 8.44. The fourth-order valence-electron chi connectivity index (χ4n) is 2.92. The maximum absolute atomic E-state index is 11.7. The summed E-state index contributed by atoms with van der Waals surface area (Å²) in [4.78, 5) is 18.2. The van der Waals surface area contributed by atoms with Gasteiger partial charge in [-0.3, -0.25) is 9.79 Å². The Balaban J connectivity index is 1.82. The minimum absolute atomic E-state index is 0.0564. The highest BCUT2D eigenvalue weighted by Gasteiger charge is 2.18. The van der Waals surface area contributed by atoms with Crippen LogP contribution in [-0.4, -0.2) is 64.2 Å². The molecule has 1 heterocycles. The SMILES string of the molecule is CN=C(NCCc1cccc(C(=O)NC)c1)N(C)CC1CCOC1. The Bertz CT molecular complexity index is 568. The predicted octanol–water partition coefficient (Wildman–Crippen LogP) is 1.13. The van der Waals surface area contributed by atoms with Crippen molar-refractivity contribution in [2.75, 3.05) is 47.4 Å². The van der Waals surface area contributed by atoms with Gasteiger partial charge in [-0.15, -0.1) is 0 Å². The quantitative estimate of drug-likeness (QED) is 0.605. The Hall–Kier alpha value is -2.08. The third-order valence-electron chi connectivity index (χ3n) is 4.24. The lowest BCUT2D eigenvalue weighted by molar-refractivity contribution is 0.0963. The molecule has 6 nitrogen and oxygen atoms in total. The summed E-state index contributed by atoms with van der Waals surface area (Å²) < 4.78 is 5.43. The lowest BCUT2D eigenvalue weighted by atomic mass is 10.1. The number of guanidine groups is 1. The zero-order valence-electron chi connectivity index (χ0n) is 14.8. The van der Waals surface area contributed by atoms with Gasteiger partial charge in [0.25, 0.3) is 5.91 Å². The summed E-state index contributed by atoms with van der Waals surface area (Å²) in [7, 11) is 5.50. The van der Waals surface area contributed by atoms with Gasteiger partial charge >= 0.3 is 0 Å². The Labute approximate surface area is 144 Å². The zero-order valence-corrected chi connectivity index (χ0v) is 14.8. The number of aliphatic imine (C=N–C) groups is 1. The van der Waals surface area contributed by atoms with Crippen LogP contribution in [0.2, 0.25) is 0 Å². The van der Waals surface area contributed by atoms with Gasteiger partial charge in [-0.25, -0.2) is 0 Å². The van der Waals surface area contributed by atoms with Crippen molar-refractivity contribution in [3.63, 3.8) is 0 Å². The lowest BCUT2D eigenvalue weighted by Crippen LogP contribution is -2.42. The van der Waals surface area contributed by atoms with Crippen molar-refractivity contribution in [3.05, 3.63) is 35.4 Å². The molecule has 1 fully saturated rings. The summed E-state index contributed by atoms with van der Waals surface area (Å²) in [6.45, 7) is 3.43. The van der Waals surface area contributed by atoms with E-state index in [9.17, 15) is 4.79 Å². The standard InChI is InChI=1S/C18H28N4O2/c1-19-17(23)16-6-4-5-14(11-16)7-9-21-18(20-2)22(3)12-15-8-10-24-13-15/h4-6,11,15H,7-10,12-13H2,1-3H3,(H,19,23)(H,20,21). The number of hydrogen-bond donors (Lipinski definition) is 2. The van der Waals surface area contributed by atoms with E-state index in [-0.39, 0.29) is 5.91 Å². The van der Waals surface area contributed by atoms with Crippen molar-refractivity contribution in [2.45, 2.75) is 12.8 Å². The molecule has 0 saturated carbocycles. The number of benzene rings is 1. The fourth-order valence-corrected chi connectivity index (χ4v) is 2.92. The number of hydrogen-bond acceptors (Lipinski definition) is 3. The third kappa shape index (κ3) is 5.23. The van der Waals surface area contributed by atoms with Crippen molar-refractivity contribution >= 4 is 11.9 Å². The molecular formula is C18H28N4O2. The van der Waals surface area contributed by atoms with Gasteiger partial charge in [-0.2, -0.15) is 0 Å². The van der Waals surface area contributed by atoms with E-state index in [4.69, 9.17) is 4.74 Å². The van der Waals surface area contributed by atoms with Crippen LogP contribution in [0.3, 0.4) is 0 Å². The first kappa shape index (κ1) is 18.3. The Morgan fingerprint density at radius 2 is 2.29 bits per heavy atom. The summed E-state index contributed by atoms with van der Waals surface area (Å²) in [5.74, 6) is 1.42. The summed E-state index contributed by atoms with van der Waals surface area (Å²) in [6, 6.07) is 7.71. The van der Waals surface area contributed by atoms with E-state index < -0.39 is 0 Å². The summed E-state index contributed by atoms with van der Waals surface area (Å²) in [6.07, 6.45) is 1.96. The molecule has 0 aliphatic carbocycles. The van der Waals surface area contributed by atoms with Crippen molar-refractivity contribution < 1.29 is 9.53 Å². The van der Waals surface area contributed by atoms with Gasteiger partial charge in [0.1, 0.15) is 0 Å². The van der Waals surface area contributed by atoms with Crippen LogP contribution >= 0.6 is 0 Å². The Morgan fingerprint density at radius 1 is 1.46 bits per heavy atom. The molecule has 0 aromatic heterocycles. The summed E-state index contributed by atoms with van der Waals surface area (Å²) in [5.41, 5.74) is 1.82. The number of rotatable bonds is 6. The van der Waals surface area contributed by atoms with E-state index in [0.717, 1.165) is 50.7 Å². The van der Waals surface area contributed by atoms with Gasteiger partial charge in [-0.05, 0) is 30.5 Å². The molecule has 2 rings (SSSR count). The molecule has 1 aromatic rings. The largest absolute Gasteiger partial charge is 0.381 e. The third-order valence-corrected chi connectivity index (χ3v) is 4.24. The van der Waals surface area contributed by atoms with Crippen LogP contribution in [0.4, 0.5) is 0 Å². The maximum atomic E-state index is 11.7. The van der Waals surface area contributed by atoms with Gasteiger partial charge in [0, 0.05) is 52.3 Å². The normalized spacial score (nSPS) is 17.6. The second-order valence-corrected chi connectivity index (χ2v) is 6.11. The fraction of sp³-hybridized carbons (Fsp3) is 0.556. The van der Waals surface area contributed by atoms with Gasteiger partial charge in [0.05, 0.1) is 6.61 Å². The number of amides is 1.